The maximum Gasteiger partial charge on any atom is 0.260 e. The standard InChI is InChI=1S/C19H16N2O3S/c1-11-6-5-9-14(22)16(11)18(24)21-19-13(17(20)23)10-15(25-19)12-7-3-2-4-8-12/h2-10,22H,1H3,(H2,20,23)(H,21,24). The lowest BCUT2D eigenvalue weighted by molar-refractivity contribution is 0.100. The molecule has 1 heterocycles. The largest absolute Gasteiger partial charge is 0.507 e. The van der Waals surface area contributed by atoms with Crippen LogP contribution in [0, 0.1) is 6.92 Å². The number of nitrogens with one attached hydrogen (secondary N) is 1. The third kappa shape index (κ3) is 3.39. The summed E-state index contributed by atoms with van der Waals surface area (Å²) in [7, 11) is 0. The van der Waals surface area contributed by atoms with E-state index < -0.39 is 11.8 Å². The van der Waals surface area contributed by atoms with Crippen LogP contribution in [0.1, 0.15) is 26.3 Å². The van der Waals surface area contributed by atoms with Gasteiger partial charge in [-0.3, -0.25) is 9.59 Å². The number of hydrogen-bond donors (Lipinski definition) is 3. The van der Waals surface area contributed by atoms with E-state index in [1.165, 1.54) is 17.4 Å². The minimum atomic E-state index is -0.622. The number of carbonyl (C=O) groups excluding carboxylic acids is 2. The number of nitrogens with two attached hydrogens (primary N) is 1. The Balaban J connectivity index is 1.98. The van der Waals surface area contributed by atoms with Gasteiger partial charge in [-0.25, -0.2) is 0 Å². The number of thiophene rings is 1. The molecule has 0 spiro atoms. The lowest BCUT2D eigenvalue weighted by atomic mass is 10.1. The van der Waals surface area contributed by atoms with E-state index in [0.717, 1.165) is 10.4 Å². The van der Waals surface area contributed by atoms with Crippen LogP contribution in [0.3, 0.4) is 0 Å². The van der Waals surface area contributed by atoms with Crippen molar-refractivity contribution >= 4 is 28.2 Å². The number of aryl methyl sites for hydroxylation is 1. The number of aromatic hydroxyl groups is 1. The number of phenolic OH excluding ortho intramolecular Hbond substituents is 1. The summed E-state index contributed by atoms with van der Waals surface area (Å²) in [5.41, 5.74) is 7.42. The smallest absolute Gasteiger partial charge is 0.260 e. The average molecular weight is 352 g/mol. The zero-order chi connectivity index (χ0) is 18.0. The molecule has 0 aliphatic rings. The Labute approximate surface area is 148 Å². The fourth-order valence-corrected chi connectivity index (χ4v) is 3.59. The Morgan fingerprint density at radius 2 is 1.80 bits per heavy atom. The van der Waals surface area contributed by atoms with E-state index in [9.17, 15) is 14.7 Å². The van der Waals surface area contributed by atoms with Crippen molar-refractivity contribution in [3.63, 3.8) is 0 Å². The SMILES string of the molecule is Cc1cccc(O)c1C(=O)Nc1sc(-c2ccccc2)cc1C(N)=O. The summed E-state index contributed by atoms with van der Waals surface area (Å²) in [6.07, 6.45) is 0. The molecule has 0 fully saturated rings. The van der Waals surface area contributed by atoms with Gasteiger partial charge in [0.05, 0.1) is 11.1 Å². The number of hydrogen-bond acceptors (Lipinski definition) is 4. The minimum absolute atomic E-state index is 0.113. The number of benzene rings is 2. The Hall–Kier alpha value is -3.12. The van der Waals surface area contributed by atoms with Gasteiger partial charge in [-0.1, -0.05) is 42.5 Å². The molecule has 6 heteroatoms. The highest BCUT2D eigenvalue weighted by Crippen LogP contribution is 2.36. The molecular weight excluding hydrogens is 336 g/mol. The summed E-state index contributed by atoms with van der Waals surface area (Å²) in [4.78, 5) is 25.1. The molecule has 1 aromatic heterocycles. The third-order valence-corrected chi connectivity index (χ3v) is 4.86. The van der Waals surface area contributed by atoms with Gasteiger partial charge in [0.1, 0.15) is 10.8 Å². The molecule has 0 radical (unpaired) electrons. The van der Waals surface area contributed by atoms with Crippen LogP contribution >= 0.6 is 11.3 Å². The molecule has 0 unspecified atom stereocenters. The monoisotopic (exact) mass is 352 g/mol. The van der Waals surface area contributed by atoms with Gasteiger partial charge in [-0.05, 0) is 30.2 Å². The van der Waals surface area contributed by atoms with Crippen molar-refractivity contribution in [3.8, 4) is 16.2 Å². The lowest BCUT2D eigenvalue weighted by Gasteiger charge is -2.09. The van der Waals surface area contributed by atoms with Crippen molar-refractivity contribution < 1.29 is 14.7 Å². The molecule has 3 rings (SSSR count). The molecular formula is C19H16N2O3S. The van der Waals surface area contributed by atoms with E-state index in [2.05, 4.69) is 5.32 Å². The summed E-state index contributed by atoms with van der Waals surface area (Å²) in [6.45, 7) is 1.73. The van der Waals surface area contributed by atoms with Gasteiger partial charge in [0.2, 0.25) is 0 Å². The molecule has 3 aromatic rings. The molecule has 25 heavy (non-hydrogen) atoms. The van der Waals surface area contributed by atoms with Crippen LogP contribution in [-0.4, -0.2) is 16.9 Å². The van der Waals surface area contributed by atoms with E-state index in [1.54, 1.807) is 25.1 Å². The first kappa shape index (κ1) is 16.7. The molecule has 0 bridgehead atoms. The zero-order valence-corrected chi connectivity index (χ0v) is 14.3. The van der Waals surface area contributed by atoms with Crippen LogP contribution in [-0.2, 0) is 0 Å². The summed E-state index contributed by atoms with van der Waals surface area (Å²) in [5.74, 6) is -1.22. The van der Waals surface area contributed by atoms with Crippen molar-refractivity contribution in [1.29, 1.82) is 0 Å². The number of amides is 2. The van der Waals surface area contributed by atoms with E-state index in [4.69, 9.17) is 5.73 Å². The molecule has 0 saturated carbocycles. The Kier molecular flexibility index (Phi) is 4.54. The highest BCUT2D eigenvalue weighted by atomic mass is 32.1. The van der Waals surface area contributed by atoms with Gasteiger partial charge in [0.15, 0.2) is 0 Å². The van der Waals surface area contributed by atoms with Crippen LogP contribution in [0.4, 0.5) is 5.00 Å². The molecule has 0 aliphatic carbocycles. The quantitative estimate of drug-likeness (QED) is 0.667. The fourth-order valence-electron chi connectivity index (χ4n) is 2.52. The Bertz CT molecular complexity index is 928. The molecule has 2 aromatic carbocycles. The maximum atomic E-state index is 12.6. The van der Waals surface area contributed by atoms with E-state index in [1.807, 2.05) is 30.3 Å². The van der Waals surface area contributed by atoms with Gasteiger partial charge in [0, 0.05) is 4.88 Å². The maximum absolute atomic E-state index is 12.6. The highest BCUT2D eigenvalue weighted by Gasteiger charge is 2.20. The second-order valence-corrected chi connectivity index (χ2v) is 6.56. The van der Waals surface area contributed by atoms with Gasteiger partial charge in [-0.2, -0.15) is 0 Å². The normalized spacial score (nSPS) is 10.4. The summed E-state index contributed by atoms with van der Waals surface area (Å²) >= 11 is 1.26. The highest BCUT2D eigenvalue weighted by molar-refractivity contribution is 7.20. The van der Waals surface area contributed by atoms with Crippen LogP contribution in [0.25, 0.3) is 10.4 Å². The average Bonchev–Trinajstić information content (AvgIpc) is 2.99. The first-order valence-electron chi connectivity index (χ1n) is 7.56. The second kappa shape index (κ2) is 6.78. The molecule has 4 N–H and O–H groups in total. The van der Waals surface area contributed by atoms with Gasteiger partial charge in [-0.15, -0.1) is 11.3 Å². The predicted octanol–water partition coefficient (Wildman–Crippen LogP) is 3.78. The van der Waals surface area contributed by atoms with Crippen molar-refractivity contribution in [2.45, 2.75) is 6.92 Å². The van der Waals surface area contributed by atoms with E-state index in [0.29, 0.717) is 10.6 Å². The van der Waals surface area contributed by atoms with Gasteiger partial charge in [0.25, 0.3) is 11.8 Å². The summed E-state index contributed by atoms with van der Waals surface area (Å²) < 4.78 is 0. The summed E-state index contributed by atoms with van der Waals surface area (Å²) in [5, 5.41) is 13.0. The third-order valence-electron chi connectivity index (χ3n) is 3.76. The molecule has 0 aliphatic heterocycles. The number of primary amides is 1. The van der Waals surface area contributed by atoms with Crippen molar-refractivity contribution in [1.82, 2.24) is 0 Å². The van der Waals surface area contributed by atoms with Gasteiger partial charge < -0.3 is 16.2 Å². The molecule has 2 amide bonds. The number of rotatable bonds is 4. The molecule has 0 atom stereocenters. The van der Waals surface area contributed by atoms with E-state index >= 15 is 0 Å². The van der Waals surface area contributed by atoms with Crippen LogP contribution in [0.15, 0.2) is 54.6 Å². The first-order chi connectivity index (χ1) is 12.0. The first-order valence-corrected chi connectivity index (χ1v) is 8.38. The van der Waals surface area contributed by atoms with Gasteiger partial charge >= 0.3 is 0 Å². The predicted molar refractivity (Wildman–Crippen MR) is 99.1 cm³/mol. The van der Waals surface area contributed by atoms with E-state index in [-0.39, 0.29) is 16.9 Å². The van der Waals surface area contributed by atoms with Crippen LogP contribution < -0.4 is 11.1 Å². The number of carbonyl (C=O) groups is 2. The molecule has 126 valence electrons. The Morgan fingerprint density at radius 1 is 1.08 bits per heavy atom. The fraction of sp³-hybridized carbons (Fsp3) is 0.0526. The lowest BCUT2D eigenvalue weighted by Crippen LogP contribution is -2.17. The van der Waals surface area contributed by atoms with Crippen LogP contribution in [0.2, 0.25) is 0 Å². The van der Waals surface area contributed by atoms with Crippen molar-refractivity contribution in [2.75, 3.05) is 5.32 Å². The minimum Gasteiger partial charge on any atom is -0.507 e. The van der Waals surface area contributed by atoms with Crippen molar-refractivity contribution in [2.24, 2.45) is 5.73 Å². The summed E-state index contributed by atoms with van der Waals surface area (Å²) in [6, 6.07) is 16.0. The number of anilines is 1. The van der Waals surface area contributed by atoms with Crippen LogP contribution in [0.5, 0.6) is 5.75 Å². The topological polar surface area (TPSA) is 92.4 Å². The number of phenols is 1. The second-order valence-electron chi connectivity index (χ2n) is 5.51. The molecule has 0 saturated heterocycles. The van der Waals surface area contributed by atoms with Crippen molar-refractivity contribution in [3.05, 3.63) is 71.3 Å². The molecule has 5 nitrogen and oxygen atoms in total. The zero-order valence-electron chi connectivity index (χ0n) is 13.4. The Morgan fingerprint density at radius 3 is 2.44 bits per heavy atom.